The summed E-state index contributed by atoms with van der Waals surface area (Å²) in [6.07, 6.45) is 0. The summed E-state index contributed by atoms with van der Waals surface area (Å²) in [5.74, 6) is 0.656. The number of methoxy groups -OCH3 is 2. The van der Waals surface area contributed by atoms with Crippen molar-refractivity contribution in [1.82, 2.24) is 25.3 Å². The van der Waals surface area contributed by atoms with Crippen molar-refractivity contribution in [3.8, 4) is 0 Å². The third-order valence-corrected chi connectivity index (χ3v) is 4.12. The number of guanidine groups is 1. The summed E-state index contributed by atoms with van der Waals surface area (Å²) < 4.78 is 10.00. The average Bonchev–Trinajstić information content (AvgIpc) is 2.65. The van der Waals surface area contributed by atoms with Crippen LogP contribution in [0.2, 0.25) is 0 Å². The number of nitrogens with one attached hydrogen (secondary N) is 2. The first-order valence-electron chi connectivity index (χ1n) is 9.18. The Balaban J connectivity index is 0.00000729. The summed E-state index contributed by atoms with van der Waals surface area (Å²) >= 11 is 0. The van der Waals surface area contributed by atoms with Crippen LogP contribution in [-0.4, -0.2) is 126 Å². The normalized spacial score (nSPS) is 15.0. The Morgan fingerprint density at radius 2 is 1.57 bits per heavy atom. The number of hydrogen-bond donors (Lipinski definition) is 2. The molecule has 0 aromatic rings. The zero-order valence-corrected chi connectivity index (χ0v) is 19.7. The first-order valence-corrected chi connectivity index (χ1v) is 9.18. The van der Waals surface area contributed by atoms with Crippen molar-refractivity contribution in [3.05, 3.63) is 0 Å². The Labute approximate surface area is 185 Å². The molecule has 0 unspecified atom stereocenters. The summed E-state index contributed by atoms with van der Waals surface area (Å²) in [7, 11) is 6.68. The largest absolute Gasteiger partial charge is 0.383 e. The van der Waals surface area contributed by atoms with Crippen molar-refractivity contribution in [2.45, 2.75) is 0 Å². The predicted octanol–water partition coefficient (Wildman–Crippen LogP) is -1.34. The average molecular weight is 514 g/mol. The lowest BCUT2D eigenvalue weighted by Gasteiger charge is -2.36. The van der Waals surface area contributed by atoms with Gasteiger partial charge >= 0.3 is 0 Å². The van der Waals surface area contributed by atoms with Crippen LogP contribution in [-0.2, 0) is 19.1 Å². The molecule has 1 heterocycles. The number of carbonyl (C=O) groups excluding carboxylic acids is 2. The molecular weight excluding hydrogens is 479 g/mol. The van der Waals surface area contributed by atoms with Gasteiger partial charge in [0.05, 0.1) is 19.8 Å². The highest BCUT2D eigenvalue weighted by Gasteiger charge is 2.21. The molecule has 10 nitrogen and oxygen atoms in total. The zero-order chi connectivity index (χ0) is 20.1. The van der Waals surface area contributed by atoms with Gasteiger partial charge in [0.15, 0.2) is 5.96 Å². The summed E-state index contributed by atoms with van der Waals surface area (Å²) in [6.45, 7) is 5.67. The number of piperazine rings is 1. The monoisotopic (exact) mass is 514 g/mol. The molecule has 0 aromatic carbocycles. The second-order valence-corrected chi connectivity index (χ2v) is 6.45. The minimum Gasteiger partial charge on any atom is -0.383 e. The van der Waals surface area contributed by atoms with Gasteiger partial charge in [-0.05, 0) is 0 Å². The SMILES string of the molecule is COCCNC(=O)CN1CCN(C(=NCC(=O)N(C)C)NCCOC)CC1.I. The second kappa shape index (κ2) is 15.7. The van der Waals surface area contributed by atoms with Gasteiger partial charge in [-0.1, -0.05) is 0 Å². The third-order valence-electron chi connectivity index (χ3n) is 4.12. The maximum Gasteiger partial charge on any atom is 0.243 e. The van der Waals surface area contributed by atoms with Crippen LogP contribution in [0, 0.1) is 0 Å². The molecule has 0 radical (unpaired) electrons. The van der Waals surface area contributed by atoms with Gasteiger partial charge in [0.1, 0.15) is 6.54 Å². The fraction of sp³-hybridized carbons (Fsp3) is 0.824. The van der Waals surface area contributed by atoms with Crippen LogP contribution in [0.25, 0.3) is 0 Å². The van der Waals surface area contributed by atoms with E-state index in [9.17, 15) is 9.59 Å². The fourth-order valence-corrected chi connectivity index (χ4v) is 2.49. The molecule has 28 heavy (non-hydrogen) atoms. The summed E-state index contributed by atoms with van der Waals surface area (Å²) in [5.41, 5.74) is 0. The molecule has 0 bridgehead atoms. The third kappa shape index (κ3) is 11.0. The number of aliphatic imine (C=N–C) groups is 1. The van der Waals surface area contributed by atoms with Crippen molar-refractivity contribution in [2.75, 3.05) is 93.9 Å². The van der Waals surface area contributed by atoms with E-state index in [4.69, 9.17) is 9.47 Å². The lowest BCUT2D eigenvalue weighted by atomic mass is 10.3. The molecule has 164 valence electrons. The van der Waals surface area contributed by atoms with Crippen molar-refractivity contribution >= 4 is 41.8 Å². The molecule has 2 amide bonds. The lowest BCUT2D eigenvalue weighted by Crippen LogP contribution is -2.54. The summed E-state index contributed by atoms with van der Waals surface area (Å²) in [6, 6.07) is 0. The van der Waals surface area contributed by atoms with E-state index >= 15 is 0 Å². The summed E-state index contributed by atoms with van der Waals surface area (Å²) in [4.78, 5) is 33.9. The number of nitrogens with zero attached hydrogens (tertiary/aromatic N) is 4. The van der Waals surface area contributed by atoms with Gasteiger partial charge in [-0.25, -0.2) is 4.99 Å². The fourth-order valence-electron chi connectivity index (χ4n) is 2.49. The minimum atomic E-state index is -0.0487. The van der Waals surface area contributed by atoms with Gasteiger partial charge in [0.2, 0.25) is 11.8 Å². The smallest absolute Gasteiger partial charge is 0.243 e. The molecular formula is C17H35IN6O4. The molecule has 0 aliphatic carbocycles. The van der Waals surface area contributed by atoms with Crippen LogP contribution in [0.3, 0.4) is 0 Å². The molecule has 1 aliphatic heterocycles. The molecule has 11 heteroatoms. The predicted molar refractivity (Wildman–Crippen MR) is 119 cm³/mol. The highest BCUT2D eigenvalue weighted by Crippen LogP contribution is 2.02. The van der Waals surface area contributed by atoms with Crippen LogP contribution < -0.4 is 10.6 Å². The number of halogens is 1. The number of hydrogen-bond acceptors (Lipinski definition) is 6. The maximum absolute atomic E-state index is 11.9. The van der Waals surface area contributed by atoms with Crippen molar-refractivity contribution in [2.24, 2.45) is 4.99 Å². The maximum atomic E-state index is 11.9. The van der Waals surface area contributed by atoms with E-state index in [0.29, 0.717) is 38.8 Å². The van der Waals surface area contributed by atoms with E-state index in [2.05, 4.69) is 25.4 Å². The van der Waals surface area contributed by atoms with E-state index in [0.717, 1.165) is 26.2 Å². The lowest BCUT2D eigenvalue weighted by molar-refractivity contribution is -0.127. The van der Waals surface area contributed by atoms with Gasteiger partial charge in [-0.2, -0.15) is 0 Å². The Kier molecular flexibility index (Phi) is 15.0. The number of carbonyl (C=O) groups is 2. The number of amides is 2. The molecule has 0 saturated carbocycles. The van der Waals surface area contributed by atoms with Crippen molar-refractivity contribution < 1.29 is 19.1 Å². The molecule has 1 fully saturated rings. The van der Waals surface area contributed by atoms with Gasteiger partial charge in [-0.3, -0.25) is 14.5 Å². The van der Waals surface area contributed by atoms with E-state index in [-0.39, 0.29) is 42.3 Å². The van der Waals surface area contributed by atoms with Crippen molar-refractivity contribution in [3.63, 3.8) is 0 Å². The quantitative estimate of drug-likeness (QED) is 0.161. The topological polar surface area (TPSA) is 98.7 Å². The van der Waals surface area contributed by atoms with Gasteiger partial charge in [0.25, 0.3) is 0 Å². The van der Waals surface area contributed by atoms with E-state index in [1.165, 1.54) is 4.90 Å². The van der Waals surface area contributed by atoms with E-state index in [1.807, 2.05) is 0 Å². The molecule has 1 saturated heterocycles. The van der Waals surface area contributed by atoms with Crippen LogP contribution >= 0.6 is 24.0 Å². The Bertz CT molecular complexity index is 484. The van der Waals surface area contributed by atoms with Crippen LogP contribution in [0.5, 0.6) is 0 Å². The number of likely N-dealkylation sites (N-methyl/N-ethyl adjacent to an activating group) is 1. The number of rotatable bonds is 10. The van der Waals surface area contributed by atoms with Crippen molar-refractivity contribution in [1.29, 1.82) is 0 Å². The van der Waals surface area contributed by atoms with Crippen LogP contribution in [0.15, 0.2) is 4.99 Å². The Hall–Kier alpha value is -1.18. The highest BCUT2D eigenvalue weighted by atomic mass is 127. The minimum absolute atomic E-state index is 0. The zero-order valence-electron chi connectivity index (χ0n) is 17.4. The van der Waals surface area contributed by atoms with Gasteiger partial charge in [-0.15, -0.1) is 24.0 Å². The first kappa shape index (κ1) is 26.8. The first-order chi connectivity index (χ1) is 13.0. The molecule has 1 aliphatic rings. The van der Waals surface area contributed by atoms with Gasteiger partial charge < -0.3 is 29.9 Å². The Morgan fingerprint density at radius 1 is 1.00 bits per heavy atom. The van der Waals surface area contributed by atoms with Crippen LogP contribution in [0.4, 0.5) is 0 Å². The standard InChI is InChI=1S/C17H34N6O4.HI/c1-21(2)16(25)13-20-17(19-6-12-27-4)23-9-7-22(8-10-23)14-15(24)18-5-11-26-3;/h5-14H2,1-4H3,(H,18,24)(H,19,20);1H. The number of ether oxygens (including phenoxy) is 2. The molecule has 1 rings (SSSR count). The highest BCUT2D eigenvalue weighted by molar-refractivity contribution is 14.0. The molecule has 2 N–H and O–H groups in total. The van der Waals surface area contributed by atoms with E-state index < -0.39 is 0 Å². The Morgan fingerprint density at radius 3 is 2.11 bits per heavy atom. The molecule has 0 aromatic heterocycles. The van der Waals surface area contributed by atoms with E-state index in [1.54, 1.807) is 28.3 Å². The summed E-state index contributed by atoms with van der Waals surface area (Å²) in [5, 5.41) is 6.07. The molecule has 0 spiro atoms. The molecule has 0 atom stereocenters. The van der Waals surface area contributed by atoms with Gasteiger partial charge in [0, 0.05) is 67.6 Å². The van der Waals surface area contributed by atoms with Crippen LogP contribution in [0.1, 0.15) is 0 Å². The second-order valence-electron chi connectivity index (χ2n) is 6.45.